The van der Waals surface area contributed by atoms with E-state index in [1.54, 1.807) is 7.11 Å². The number of rotatable bonds is 2. The molecular formula is C19H19N3O. The number of benzene rings is 2. The Labute approximate surface area is 135 Å². The van der Waals surface area contributed by atoms with Gasteiger partial charge in [-0.2, -0.15) is 5.10 Å². The molecule has 4 heteroatoms. The number of para-hydroxylation sites is 2. The van der Waals surface area contributed by atoms with Gasteiger partial charge in [0.05, 0.1) is 18.5 Å². The van der Waals surface area contributed by atoms with Gasteiger partial charge in [-0.3, -0.25) is 0 Å². The predicted molar refractivity (Wildman–Crippen MR) is 91.9 cm³/mol. The lowest BCUT2D eigenvalue weighted by Crippen LogP contribution is -2.26. The van der Waals surface area contributed by atoms with Crippen LogP contribution in [0.1, 0.15) is 23.0 Å². The molecule has 0 saturated carbocycles. The average Bonchev–Trinajstić information content (AvgIpc) is 2.96. The van der Waals surface area contributed by atoms with Crippen LogP contribution in [0.15, 0.2) is 48.5 Å². The molecular weight excluding hydrogens is 286 g/mol. The van der Waals surface area contributed by atoms with Crippen LogP contribution in [0.2, 0.25) is 0 Å². The van der Waals surface area contributed by atoms with Crippen molar-refractivity contribution >= 4 is 5.69 Å². The van der Waals surface area contributed by atoms with Gasteiger partial charge in [-0.1, -0.05) is 36.4 Å². The van der Waals surface area contributed by atoms with Gasteiger partial charge in [0, 0.05) is 16.8 Å². The molecule has 0 amide bonds. The second-order valence-corrected chi connectivity index (χ2v) is 5.90. The van der Waals surface area contributed by atoms with Crippen molar-refractivity contribution in [2.24, 2.45) is 0 Å². The van der Waals surface area contributed by atoms with Gasteiger partial charge in [-0.05, 0) is 31.5 Å². The molecule has 1 N–H and O–H groups in total. The van der Waals surface area contributed by atoms with Crippen molar-refractivity contribution in [1.29, 1.82) is 0 Å². The van der Waals surface area contributed by atoms with Crippen molar-refractivity contribution in [3.63, 3.8) is 0 Å². The van der Waals surface area contributed by atoms with Gasteiger partial charge in [0.15, 0.2) is 6.17 Å². The van der Waals surface area contributed by atoms with Crippen LogP contribution in [-0.4, -0.2) is 16.9 Å². The standard InChI is InChI=1S/C19H19N3O/c1-12-7-6-9-14-16-11-13(2)21-22(16)19(20-18(12)14)15-8-4-5-10-17(15)23-3/h4-11,19-20H,1-3H3. The molecule has 0 fully saturated rings. The maximum absolute atomic E-state index is 5.56. The van der Waals surface area contributed by atoms with Gasteiger partial charge < -0.3 is 10.1 Å². The van der Waals surface area contributed by atoms with Gasteiger partial charge in [-0.25, -0.2) is 4.68 Å². The number of nitrogens with zero attached hydrogens (tertiary/aromatic N) is 2. The molecule has 0 saturated heterocycles. The fourth-order valence-electron chi connectivity index (χ4n) is 3.29. The molecule has 1 aromatic heterocycles. The largest absolute Gasteiger partial charge is 0.496 e. The zero-order chi connectivity index (χ0) is 16.0. The number of aryl methyl sites for hydroxylation is 2. The summed E-state index contributed by atoms with van der Waals surface area (Å²) in [7, 11) is 1.70. The molecule has 116 valence electrons. The van der Waals surface area contributed by atoms with Crippen molar-refractivity contribution in [2.45, 2.75) is 20.0 Å². The first kappa shape index (κ1) is 13.9. The Kier molecular flexibility index (Phi) is 3.11. The van der Waals surface area contributed by atoms with Crippen molar-refractivity contribution in [2.75, 3.05) is 12.4 Å². The molecule has 0 radical (unpaired) electrons. The highest BCUT2D eigenvalue weighted by molar-refractivity contribution is 5.81. The van der Waals surface area contributed by atoms with Gasteiger partial charge >= 0.3 is 0 Å². The van der Waals surface area contributed by atoms with E-state index >= 15 is 0 Å². The Bertz CT molecular complexity index is 882. The molecule has 1 unspecified atom stereocenters. The lowest BCUT2D eigenvalue weighted by molar-refractivity contribution is 0.401. The predicted octanol–water partition coefficient (Wildman–Crippen LogP) is 4.15. The molecule has 1 atom stereocenters. The Balaban J connectivity index is 1.95. The highest BCUT2D eigenvalue weighted by Crippen LogP contribution is 2.41. The van der Waals surface area contributed by atoms with E-state index in [0.717, 1.165) is 28.4 Å². The Morgan fingerprint density at radius 1 is 1.09 bits per heavy atom. The summed E-state index contributed by atoms with van der Waals surface area (Å²) >= 11 is 0. The van der Waals surface area contributed by atoms with E-state index in [4.69, 9.17) is 9.84 Å². The number of anilines is 1. The second kappa shape index (κ2) is 5.16. The van der Waals surface area contributed by atoms with Crippen LogP contribution >= 0.6 is 0 Å². The van der Waals surface area contributed by atoms with Crippen LogP contribution in [-0.2, 0) is 0 Å². The van der Waals surface area contributed by atoms with E-state index in [2.05, 4.69) is 47.3 Å². The van der Waals surface area contributed by atoms with E-state index in [9.17, 15) is 0 Å². The molecule has 4 nitrogen and oxygen atoms in total. The van der Waals surface area contributed by atoms with Crippen LogP contribution < -0.4 is 10.1 Å². The Morgan fingerprint density at radius 2 is 1.91 bits per heavy atom. The topological polar surface area (TPSA) is 39.1 Å². The first-order chi connectivity index (χ1) is 11.2. The third kappa shape index (κ3) is 2.10. The first-order valence-corrected chi connectivity index (χ1v) is 7.74. The third-order valence-corrected chi connectivity index (χ3v) is 4.37. The highest BCUT2D eigenvalue weighted by atomic mass is 16.5. The molecule has 0 aliphatic carbocycles. The zero-order valence-electron chi connectivity index (χ0n) is 13.5. The zero-order valence-corrected chi connectivity index (χ0v) is 13.5. The third-order valence-electron chi connectivity index (χ3n) is 4.37. The van der Waals surface area contributed by atoms with Crippen molar-refractivity contribution in [1.82, 2.24) is 9.78 Å². The molecule has 2 aromatic carbocycles. The van der Waals surface area contributed by atoms with Crippen LogP contribution in [0.25, 0.3) is 11.3 Å². The molecule has 4 rings (SSSR count). The Hall–Kier alpha value is -2.75. The first-order valence-electron chi connectivity index (χ1n) is 7.74. The second-order valence-electron chi connectivity index (χ2n) is 5.90. The van der Waals surface area contributed by atoms with Gasteiger partial charge in [0.2, 0.25) is 0 Å². The van der Waals surface area contributed by atoms with Gasteiger partial charge in [0.25, 0.3) is 0 Å². The monoisotopic (exact) mass is 305 g/mol. The number of nitrogens with one attached hydrogen (secondary N) is 1. The lowest BCUT2D eigenvalue weighted by atomic mass is 10.0. The maximum atomic E-state index is 5.56. The summed E-state index contributed by atoms with van der Waals surface area (Å²) in [4.78, 5) is 0. The fourth-order valence-corrected chi connectivity index (χ4v) is 3.29. The summed E-state index contributed by atoms with van der Waals surface area (Å²) in [6.07, 6.45) is -0.0801. The molecule has 0 bridgehead atoms. The van der Waals surface area contributed by atoms with Crippen molar-refractivity contribution < 1.29 is 4.74 Å². The van der Waals surface area contributed by atoms with E-state index in [1.807, 2.05) is 25.1 Å². The van der Waals surface area contributed by atoms with Gasteiger partial charge in [-0.15, -0.1) is 0 Å². The smallest absolute Gasteiger partial charge is 0.150 e. The summed E-state index contributed by atoms with van der Waals surface area (Å²) in [5, 5.41) is 8.36. The summed E-state index contributed by atoms with van der Waals surface area (Å²) in [5.74, 6) is 0.862. The molecule has 1 aliphatic rings. The molecule has 23 heavy (non-hydrogen) atoms. The van der Waals surface area contributed by atoms with Crippen molar-refractivity contribution in [3.8, 4) is 17.0 Å². The quantitative estimate of drug-likeness (QED) is 0.773. The summed E-state index contributed by atoms with van der Waals surface area (Å²) in [5.41, 5.74) is 6.81. The molecule has 2 heterocycles. The number of ether oxygens (including phenoxy) is 1. The van der Waals surface area contributed by atoms with Crippen molar-refractivity contribution in [3.05, 3.63) is 65.4 Å². The molecule has 1 aliphatic heterocycles. The normalized spacial score (nSPS) is 15.5. The number of aromatic nitrogens is 2. The van der Waals surface area contributed by atoms with Crippen LogP contribution in [0.3, 0.4) is 0 Å². The van der Waals surface area contributed by atoms with Crippen LogP contribution in [0.5, 0.6) is 5.75 Å². The summed E-state index contributed by atoms with van der Waals surface area (Å²) < 4.78 is 7.61. The minimum absolute atomic E-state index is 0.0801. The van der Waals surface area contributed by atoms with E-state index < -0.39 is 0 Å². The highest BCUT2D eigenvalue weighted by Gasteiger charge is 2.28. The van der Waals surface area contributed by atoms with E-state index in [0.29, 0.717) is 0 Å². The van der Waals surface area contributed by atoms with Gasteiger partial charge in [0.1, 0.15) is 5.75 Å². The number of hydrogen-bond donors (Lipinski definition) is 1. The Morgan fingerprint density at radius 3 is 2.74 bits per heavy atom. The minimum atomic E-state index is -0.0801. The maximum Gasteiger partial charge on any atom is 0.150 e. The number of methoxy groups -OCH3 is 1. The number of fused-ring (bicyclic) bond motifs is 3. The number of hydrogen-bond acceptors (Lipinski definition) is 3. The summed E-state index contributed by atoms with van der Waals surface area (Å²) in [6.45, 7) is 4.16. The van der Waals surface area contributed by atoms with E-state index in [1.165, 1.54) is 11.1 Å². The molecule has 3 aromatic rings. The minimum Gasteiger partial charge on any atom is -0.496 e. The van der Waals surface area contributed by atoms with E-state index in [-0.39, 0.29) is 6.17 Å². The lowest BCUT2D eigenvalue weighted by Gasteiger charge is -2.31. The SMILES string of the molecule is COc1ccccc1C1Nc2c(C)cccc2-c2cc(C)nn21. The fraction of sp³-hybridized carbons (Fsp3) is 0.211. The van der Waals surface area contributed by atoms with Crippen LogP contribution in [0, 0.1) is 13.8 Å². The summed E-state index contributed by atoms with van der Waals surface area (Å²) in [6, 6.07) is 16.6. The molecule has 0 spiro atoms. The van der Waals surface area contributed by atoms with Crippen LogP contribution in [0.4, 0.5) is 5.69 Å². The average molecular weight is 305 g/mol.